The third-order valence-corrected chi connectivity index (χ3v) is 6.33. The van der Waals surface area contributed by atoms with Gasteiger partial charge >= 0.3 is 6.03 Å². The molecule has 3 heterocycles. The van der Waals surface area contributed by atoms with Crippen LogP contribution in [0.1, 0.15) is 0 Å². The van der Waals surface area contributed by atoms with Crippen molar-refractivity contribution in [2.45, 2.75) is 6.17 Å². The van der Waals surface area contributed by atoms with Gasteiger partial charge in [-0.3, -0.25) is 14.5 Å². The Morgan fingerprint density at radius 1 is 1.06 bits per heavy atom. The van der Waals surface area contributed by atoms with Crippen molar-refractivity contribution in [2.24, 2.45) is 5.92 Å². The molecule has 3 aliphatic rings. The first-order valence-corrected chi connectivity index (χ1v) is 10.5. The fraction of sp³-hybridized carbons (Fsp3) is 0.500. The normalized spacial score (nSPS) is 24.0. The maximum atomic E-state index is 13.5. The molecule has 9 heteroatoms. The first kappa shape index (κ1) is 21.2. The predicted molar refractivity (Wildman–Crippen MR) is 115 cm³/mol. The number of hydrogen-bond donors (Lipinski definition) is 0. The monoisotopic (exact) mass is 427 g/mol. The van der Waals surface area contributed by atoms with E-state index in [9.17, 15) is 14.4 Å². The highest BCUT2D eigenvalue weighted by molar-refractivity contribution is 6.02. The lowest BCUT2D eigenvalue weighted by molar-refractivity contribution is -0.138. The van der Waals surface area contributed by atoms with Crippen LogP contribution >= 0.6 is 0 Å². The number of rotatable bonds is 5. The molecule has 0 bridgehead atoms. The molecular weight excluding hydrogens is 398 g/mol. The summed E-state index contributed by atoms with van der Waals surface area (Å²) >= 11 is 0. The highest BCUT2D eigenvalue weighted by Gasteiger charge is 2.50. The number of carbonyl (C=O) groups excluding carboxylic acids is 3. The maximum Gasteiger partial charge on any atom is 0.327 e. The molecule has 2 unspecified atom stereocenters. The second-order valence-electron chi connectivity index (χ2n) is 8.08. The van der Waals surface area contributed by atoms with Crippen molar-refractivity contribution in [3.8, 4) is 0 Å². The van der Waals surface area contributed by atoms with E-state index >= 15 is 0 Å². The Balaban J connectivity index is 1.52. The lowest BCUT2D eigenvalue weighted by Gasteiger charge is -2.43. The summed E-state index contributed by atoms with van der Waals surface area (Å²) in [4.78, 5) is 47.3. The summed E-state index contributed by atoms with van der Waals surface area (Å²) in [6.45, 7) is 3.50. The summed E-state index contributed by atoms with van der Waals surface area (Å²) in [6, 6.07) is 9.79. The van der Waals surface area contributed by atoms with Crippen molar-refractivity contribution < 1.29 is 19.1 Å². The highest BCUT2D eigenvalue weighted by atomic mass is 16.5. The lowest BCUT2D eigenvalue weighted by Crippen LogP contribution is -2.62. The Bertz CT molecular complexity index is 881. The average Bonchev–Trinajstić information content (AvgIpc) is 3.19. The second kappa shape index (κ2) is 8.58. The zero-order valence-corrected chi connectivity index (χ0v) is 18.2. The number of methoxy groups -OCH3 is 1. The van der Waals surface area contributed by atoms with E-state index < -0.39 is 12.1 Å². The zero-order valence-electron chi connectivity index (χ0n) is 18.2. The number of piperazine rings is 1. The van der Waals surface area contributed by atoms with Crippen molar-refractivity contribution in [2.75, 3.05) is 65.4 Å². The number of anilines is 1. The molecule has 2 atom stereocenters. The average molecular weight is 428 g/mol. The molecule has 3 aliphatic heterocycles. The SMILES string of the molecule is COCCN1C(C(=O)N2CCN(c3ccccc3)CC2)=CC2C(=O)N(C)C(=O)N(C)C21. The smallest absolute Gasteiger partial charge is 0.327 e. The summed E-state index contributed by atoms with van der Waals surface area (Å²) in [5.74, 6) is -0.948. The van der Waals surface area contributed by atoms with Crippen LogP contribution in [-0.2, 0) is 14.3 Å². The van der Waals surface area contributed by atoms with Gasteiger partial charge in [0.05, 0.1) is 12.5 Å². The van der Waals surface area contributed by atoms with Gasteiger partial charge in [-0.05, 0) is 18.2 Å². The Kier molecular flexibility index (Phi) is 5.86. The van der Waals surface area contributed by atoms with Crippen LogP contribution in [0, 0.1) is 5.92 Å². The fourth-order valence-corrected chi connectivity index (χ4v) is 4.61. The Morgan fingerprint density at radius 3 is 2.39 bits per heavy atom. The minimum absolute atomic E-state index is 0.102. The standard InChI is InChI=1S/C22H29N5O4/c1-23-19-17(20(28)24(2)22(23)30)15-18(27(19)13-14-31-3)21(29)26-11-9-25(10-12-26)16-7-5-4-6-8-16/h4-8,15,17,19H,9-14H2,1-3H3. The molecule has 1 aromatic carbocycles. The number of amides is 4. The van der Waals surface area contributed by atoms with Crippen LogP contribution in [0.5, 0.6) is 0 Å². The van der Waals surface area contributed by atoms with E-state index in [0.29, 0.717) is 31.9 Å². The molecule has 1 aromatic rings. The quantitative estimate of drug-likeness (QED) is 0.687. The van der Waals surface area contributed by atoms with Crippen molar-refractivity contribution in [3.05, 3.63) is 42.1 Å². The number of benzene rings is 1. The first-order valence-electron chi connectivity index (χ1n) is 10.5. The molecule has 2 saturated heterocycles. The molecule has 0 N–H and O–H groups in total. The van der Waals surface area contributed by atoms with Crippen molar-refractivity contribution in [1.29, 1.82) is 0 Å². The number of fused-ring (bicyclic) bond motifs is 1. The van der Waals surface area contributed by atoms with Crippen LogP contribution in [0.2, 0.25) is 0 Å². The number of ether oxygens (including phenoxy) is 1. The molecule has 2 fully saturated rings. The van der Waals surface area contributed by atoms with Gasteiger partial charge in [0.25, 0.3) is 5.91 Å². The molecule has 0 radical (unpaired) electrons. The number of imide groups is 1. The van der Waals surface area contributed by atoms with Gasteiger partial charge in [0, 0.05) is 59.6 Å². The molecule has 4 amide bonds. The van der Waals surface area contributed by atoms with Gasteiger partial charge in [0.15, 0.2) is 0 Å². The molecular formula is C22H29N5O4. The van der Waals surface area contributed by atoms with E-state index in [2.05, 4.69) is 17.0 Å². The molecule has 0 aliphatic carbocycles. The number of hydrogen-bond acceptors (Lipinski definition) is 6. The lowest BCUT2D eigenvalue weighted by atomic mass is 10.0. The molecule has 0 spiro atoms. The van der Waals surface area contributed by atoms with Gasteiger partial charge in [-0.25, -0.2) is 4.79 Å². The number of nitrogens with zero attached hydrogens (tertiary/aromatic N) is 5. The van der Waals surface area contributed by atoms with E-state index in [1.807, 2.05) is 28.0 Å². The molecule has 9 nitrogen and oxygen atoms in total. The molecule has 166 valence electrons. The minimum Gasteiger partial charge on any atom is -0.383 e. The third-order valence-electron chi connectivity index (χ3n) is 6.33. The third kappa shape index (κ3) is 3.74. The van der Waals surface area contributed by atoms with Gasteiger partial charge in [-0.15, -0.1) is 0 Å². The van der Waals surface area contributed by atoms with Gasteiger partial charge in [0.1, 0.15) is 11.9 Å². The van der Waals surface area contributed by atoms with E-state index in [0.717, 1.165) is 23.7 Å². The van der Waals surface area contributed by atoms with Gasteiger partial charge in [0.2, 0.25) is 5.91 Å². The topological polar surface area (TPSA) is 76.6 Å². The summed E-state index contributed by atoms with van der Waals surface area (Å²) < 4.78 is 5.23. The van der Waals surface area contributed by atoms with Gasteiger partial charge in [-0.2, -0.15) is 0 Å². The van der Waals surface area contributed by atoms with Crippen LogP contribution in [0.25, 0.3) is 0 Å². The summed E-state index contributed by atoms with van der Waals surface area (Å²) in [5.41, 5.74) is 1.62. The molecule has 0 saturated carbocycles. The van der Waals surface area contributed by atoms with Crippen LogP contribution < -0.4 is 4.90 Å². The number of carbonyl (C=O) groups is 3. The summed E-state index contributed by atoms with van der Waals surface area (Å²) in [5, 5.41) is 0. The van der Waals surface area contributed by atoms with E-state index in [1.165, 1.54) is 11.9 Å². The van der Waals surface area contributed by atoms with Gasteiger partial charge in [-0.1, -0.05) is 18.2 Å². The van der Waals surface area contributed by atoms with Gasteiger partial charge < -0.3 is 24.3 Å². The Hall–Kier alpha value is -3.07. The molecule has 0 aromatic heterocycles. The van der Waals surface area contributed by atoms with Crippen LogP contribution in [0.15, 0.2) is 42.1 Å². The Labute approximate surface area is 182 Å². The maximum absolute atomic E-state index is 13.5. The van der Waals surface area contributed by atoms with E-state index in [1.54, 1.807) is 20.2 Å². The van der Waals surface area contributed by atoms with E-state index in [-0.39, 0.29) is 17.8 Å². The van der Waals surface area contributed by atoms with E-state index in [4.69, 9.17) is 4.74 Å². The predicted octanol–water partition coefficient (Wildman–Crippen LogP) is 0.647. The largest absolute Gasteiger partial charge is 0.383 e. The number of para-hydroxylation sites is 1. The molecule has 31 heavy (non-hydrogen) atoms. The van der Waals surface area contributed by atoms with Crippen LogP contribution in [0.3, 0.4) is 0 Å². The molecule has 4 rings (SSSR count). The Morgan fingerprint density at radius 2 is 1.74 bits per heavy atom. The summed E-state index contributed by atoms with van der Waals surface area (Å²) in [6.07, 6.45) is 1.23. The van der Waals surface area contributed by atoms with Crippen LogP contribution in [-0.4, -0.2) is 104 Å². The number of urea groups is 1. The second-order valence-corrected chi connectivity index (χ2v) is 8.08. The van der Waals surface area contributed by atoms with Crippen molar-refractivity contribution in [1.82, 2.24) is 19.6 Å². The zero-order chi connectivity index (χ0) is 22.1. The summed E-state index contributed by atoms with van der Waals surface area (Å²) in [7, 11) is 4.74. The van der Waals surface area contributed by atoms with Crippen LogP contribution in [0.4, 0.5) is 10.5 Å². The fourth-order valence-electron chi connectivity index (χ4n) is 4.61. The first-order chi connectivity index (χ1) is 14.9. The minimum atomic E-state index is -0.561. The van der Waals surface area contributed by atoms with Crippen molar-refractivity contribution >= 4 is 23.5 Å². The van der Waals surface area contributed by atoms with Crippen molar-refractivity contribution in [3.63, 3.8) is 0 Å². The highest BCUT2D eigenvalue weighted by Crippen LogP contribution is 2.35.